The van der Waals surface area contributed by atoms with Crippen molar-refractivity contribution < 1.29 is 33.7 Å². The summed E-state index contributed by atoms with van der Waals surface area (Å²) in [4.78, 5) is 39.9. The van der Waals surface area contributed by atoms with Crippen LogP contribution in [0.15, 0.2) is 40.7 Å². The van der Waals surface area contributed by atoms with Crippen molar-refractivity contribution in [3.05, 3.63) is 46.3 Å². The van der Waals surface area contributed by atoms with Crippen molar-refractivity contribution in [2.24, 2.45) is 11.8 Å². The van der Waals surface area contributed by atoms with Gasteiger partial charge < -0.3 is 24.6 Å². The van der Waals surface area contributed by atoms with Crippen molar-refractivity contribution >= 4 is 17.7 Å². The lowest BCUT2D eigenvalue weighted by atomic mass is 9.69. The van der Waals surface area contributed by atoms with Crippen LogP contribution in [0.2, 0.25) is 0 Å². The molecule has 1 aromatic rings. The van der Waals surface area contributed by atoms with E-state index in [1.165, 1.54) is 13.2 Å². The summed E-state index contributed by atoms with van der Waals surface area (Å²) in [5.41, 5.74) is 2.59. The summed E-state index contributed by atoms with van der Waals surface area (Å²) in [6, 6.07) is 4.81. The van der Waals surface area contributed by atoms with Gasteiger partial charge in [-0.15, -0.1) is 0 Å². The molecule has 0 aromatic heterocycles. The maximum atomic E-state index is 13.8. The molecular formula is C27H33NO7. The van der Waals surface area contributed by atoms with Gasteiger partial charge in [0.2, 0.25) is 0 Å². The maximum absolute atomic E-state index is 13.8. The van der Waals surface area contributed by atoms with Crippen LogP contribution in [0, 0.1) is 11.8 Å². The molecule has 1 aliphatic heterocycles. The van der Waals surface area contributed by atoms with E-state index in [0.717, 1.165) is 25.7 Å². The van der Waals surface area contributed by atoms with Crippen molar-refractivity contribution in [3.63, 3.8) is 0 Å². The number of hydrogen-bond acceptors (Lipinski definition) is 8. The molecule has 0 saturated heterocycles. The molecule has 8 nitrogen and oxygen atoms in total. The average Bonchev–Trinajstić information content (AvgIpc) is 3.32. The van der Waals surface area contributed by atoms with Crippen molar-refractivity contribution in [1.82, 2.24) is 5.32 Å². The van der Waals surface area contributed by atoms with E-state index in [-0.39, 0.29) is 29.3 Å². The van der Waals surface area contributed by atoms with E-state index in [9.17, 15) is 19.5 Å². The Morgan fingerprint density at radius 3 is 2.57 bits per heavy atom. The van der Waals surface area contributed by atoms with Crippen LogP contribution >= 0.6 is 0 Å². The minimum Gasteiger partial charge on any atom is -0.504 e. The molecule has 1 fully saturated rings. The van der Waals surface area contributed by atoms with Crippen molar-refractivity contribution in [2.75, 3.05) is 13.7 Å². The molecule has 3 atom stereocenters. The van der Waals surface area contributed by atoms with Crippen LogP contribution in [0.5, 0.6) is 11.5 Å². The van der Waals surface area contributed by atoms with Gasteiger partial charge in [-0.2, -0.15) is 0 Å². The number of benzene rings is 1. The summed E-state index contributed by atoms with van der Waals surface area (Å²) in [7, 11) is 1.27. The fraction of sp³-hybridized carbons (Fsp3) is 0.519. The van der Waals surface area contributed by atoms with Crippen LogP contribution in [0.1, 0.15) is 64.4 Å². The number of hydrogen-bond donors (Lipinski definition) is 2. The van der Waals surface area contributed by atoms with Crippen LogP contribution in [-0.2, 0) is 23.9 Å². The first-order valence-electron chi connectivity index (χ1n) is 12.3. The highest BCUT2D eigenvalue weighted by Gasteiger charge is 2.47. The van der Waals surface area contributed by atoms with Crippen LogP contribution < -0.4 is 10.1 Å². The number of aromatic hydroxyl groups is 1. The van der Waals surface area contributed by atoms with Crippen LogP contribution in [0.25, 0.3) is 0 Å². The zero-order valence-electron chi connectivity index (χ0n) is 20.7. The third kappa shape index (κ3) is 4.66. The van der Waals surface area contributed by atoms with Gasteiger partial charge >= 0.3 is 11.9 Å². The molecule has 1 aromatic carbocycles. The summed E-state index contributed by atoms with van der Waals surface area (Å²) in [6.07, 6.45) is 3.97. The predicted molar refractivity (Wildman–Crippen MR) is 128 cm³/mol. The number of carbonyl (C=O) groups is 3. The molecule has 1 heterocycles. The summed E-state index contributed by atoms with van der Waals surface area (Å²) in [6.45, 7) is 5.78. The molecule has 0 amide bonds. The normalized spacial score (nSPS) is 24.7. The second kappa shape index (κ2) is 10.1. The number of phenols is 1. The predicted octanol–water partition coefficient (Wildman–Crippen LogP) is 3.89. The fourth-order valence-corrected chi connectivity index (χ4v) is 5.49. The minimum atomic E-state index is -0.961. The number of dihydropyridines is 1. The Labute approximate surface area is 205 Å². The largest absolute Gasteiger partial charge is 0.504 e. The van der Waals surface area contributed by atoms with Crippen LogP contribution in [-0.4, -0.2) is 42.6 Å². The minimum absolute atomic E-state index is 0.0365. The van der Waals surface area contributed by atoms with E-state index in [2.05, 4.69) is 5.32 Å². The zero-order chi connectivity index (χ0) is 25.3. The second-order valence-electron chi connectivity index (χ2n) is 9.51. The Morgan fingerprint density at radius 1 is 1.20 bits per heavy atom. The first-order valence-corrected chi connectivity index (χ1v) is 12.3. The number of carbonyl (C=O) groups excluding carboxylic acids is 3. The molecule has 0 radical (unpaired) electrons. The summed E-state index contributed by atoms with van der Waals surface area (Å²) in [5, 5.41) is 13.5. The lowest BCUT2D eigenvalue weighted by Crippen LogP contribution is -2.43. The quantitative estimate of drug-likeness (QED) is 0.463. The van der Waals surface area contributed by atoms with Gasteiger partial charge in [-0.1, -0.05) is 13.0 Å². The van der Waals surface area contributed by atoms with Gasteiger partial charge in [-0.25, -0.2) is 4.79 Å². The van der Waals surface area contributed by atoms with Gasteiger partial charge in [0.1, 0.15) is 12.0 Å². The number of phenolic OH excluding ortho intramolecular Hbond substituents is 1. The van der Waals surface area contributed by atoms with Gasteiger partial charge in [-0.3, -0.25) is 9.59 Å². The van der Waals surface area contributed by atoms with Gasteiger partial charge in [-0.05, 0) is 69.6 Å². The Kier molecular flexibility index (Phi) is 7.19. The smallest absolute Gasteiger partial charge is 0.337 e. The third-order valence-electron chi connectivity index (χ3n) is 7.16. The highest BCUT2D eigenvalue weighted by Crippen LogP contribution is 2.47. The topological polar surface area (TPSA) is 111 Å². The Bertz CT molecular complexity index is 1100. The van der Waals surface area contributed by atoms with Gasteiger partial charge in [0, 0.05) is 22.9 Å². The average molecular weight is 484 g/mol. The monoisotopic (exact) mass is 483 g/mol. The van der Waals surface area contributed by atoms with Crippen LogP contribution in [0.4, 0.5) is 0 Å². The molecule has 2 N–H and O–H groups in total. The molecule has 0 spiro atoms. The molecular weight excluding hydrogens is 450 g/mol. The molecule has 1 saturated carbocycles. The molecule has 4 rings (SSSR count). The molecule has 8 heteroatoms. The number of esters is 2. The van der Waals surface area contributed by atoms with E-state index >= 15 is 0 Å². The number of nitrogens with one attached hydrogen (secondary N) is 1. The van der Waals surface area contributed by atoms with Crippen LogP contribution in [0.3, 0.4) is 0 Å². The van der Waals surface area contributed by atoms with Crippen molar-refractivity contribution in [1.29, 1.82) is 0 Å². The molecule has 35 heavy (non-hydrogen) atoms. The fourth-order valence-electron chi connectivity index (χ4n) is 5.49. The summed E-state index contributed by atoms with van der Waals surface area (Å²) < 4.78 is 16.4. The lowest BCUT2D eigenvalue weighted by molar-refractivity contribution is -0.151. The standard InChI is InChI=1S/C27H33NO7/c1-5-34-20-13-16(10-11-19(20)29)23-22(27(32)35-17-8-6-7-9-17)15(3)28-18-12-14(2)21(26(31)33-4)25(30)24(18)23/h10-11,13-14,17,21,23,28-29H,5-9,12H2,1-4H3/t14-,21-,23+/m0/s1. The first-order chi connectivity index (χ1) is 16.8. The summed E-state index contributed by atoms with van der Waals surface area (Å²) >= 11 is 0. The SMILES string of the molecule is CCOc1cc([C@@H]2C(C(=O)OC3CCCC3)=C(C)NC3=C2C(=O)[C@@H](C(=O)OC)[C@@H](C)C3)ccc1O. The lowest BCUT2D eigenvalue weighted by Gasteiger charge is -2.38. The number of rotatable bonds is 6. The van der Waals surface area contributed by atoms with E-state index in [1.807, 2.05) is 6.92 Å². The highest BCUT2D eigenvalue weighted by molar-refractivity contribution is 6.12. The van der Waals surface area contributed by atoms with E-state index in [0.29, 0.717) is 41.1 Å². The molecule has 0 bridgehead atoms. The van der Waals surface area contributed by atoms with Gasteiger partial charge in [0.05, 0.1) is 19.3 Å². The molecule has 2 aliphatic carbocycles. The van der Waals surface area contributed by atoms with Crippen molar-refractivity contribution in [2.45, 2.75) is 64.9 Å². The Balaban J connectivity index is 1.84. The van der Waals surface area contributed by atoms with Crippen molar-refractivity contribution in [3.8, 4) is 11.5 Å². The Hall–Kier alpha value is -3.29. The maximum Gasteiger partial charge on any atom is 0.337 e. The molecule has 188 valence electrons. The Morgan fingerprint density at radius 2 is 1.91 bits per heavy atom. The summed E-state index contributed by atoms with van der Waals surface area (Å²) in [5.74, 6) is -3.21. The molecule has 0 unspecified atom stereocenters. The van der Waals surface area contributed by atoms with Gasteiger partial charge in [0.25, 0.3) is 0 Å². The molecule has 3 aliphatic rings. The highest BCUT2D eigenvalue weighted by atomic mass is 16.5. The first kappa shape index (κ1) is 24.8. The van der Waals surface area contributed by atoms with E-state index in [1.54, 1.807) is 26.0 Å². The number of Topliss-reactive ketones (excluding diaryl/α,β-unsaturated/α-hetero) is 1. The zero-order valence-corrected chi connectivity index (χ0v) is 20.7. The second-order valence-corrected chi connectivity index (χ2v) is 9.51. The number of allylic oxidation sites excluding steroid dienone is 3. The number of ketones is 1. The third-order valence-corrected chi connectivity index (χ3v) is 7.16. The number of methoxy groups -OCH3 is 1. The van der Waals surface area contributed by atoms with Gasteiger partial charge in [0.15, 0.2) is 17.3 Å². The van der Waals surface area contributed by atoms with E-state index < -0.39 is 23.8 Å². The van der Waals surface area contributed by atoms with E-state index in [4.69, 9.17) is 14.2 Å². The number of ether oxygens (including phenoxy) is 3.